The number of nitrogens with one attached hydrogen (secondary N) is 1. The maximum Gasteiger partial charge on any atom is 0.260 e. The van der Waals surface area contributed by atoms with Crippen molar-refractivity contribution in [3.63, 3.8) is 0 Å². The van der Waals surface area contributed by atoms with Gasteiger partial charge in [0.25, 0.3) is 5.56 Å². The van der Waals surface area contributed by atoms with E-state index in [0.717, 1.165) is 52.8 Å². The third-order valence-electron chi connectivity index (χ3n) is 5.75. The summed E-state index contributed by atoms with van der Waals surface area (Å²) in [5, 5.41) is 3.63. The number of benzene rings is 1. The molecule has 31 heavy (non-hydrogen) atoms. The molecular formula is C23H24N4O2S2. The van der Waals surface area contributed by atoms with Crippen molar-refractivity contribution in [3.05, 3.63) is 63.3 Å². The number of H-pyrrole nitrogens is 1. The van der Waals surface area contributed by atoms with E-state index >= 15 is 0 Å². The highest BCUT2D eigenvalue weighted by Crippen LogP contribution is 2.31. The largest absolute Gasteiger partial charge is 0.376 e. The molecule has 0 amide bonds. The fraction of sp³-hybridized carbons (Fsp3) is 0.348. The van der Waals surface area contributed by atoms with Crippen molar-refractivity contribution in [2.45, 2.75) is 50.2 Å². The van der Waals surface area contributed by atoms with Gasteiger partial charge in [0.05, 0.1) is 29.5 Å². The fourth-order valence-electron chi connectivity index (χ4n) is 3.97. The van der Waals surface area contributed by atoms with Gasteiger partial charge in [-0.1, -0.05) is 42.1 Å². The zero-order valence-electron chi connectivity index (χ0n) is 17.6. The molecule has 1 aromatic carbocycles. The number of aryl methyl sites for hydroxylation is 1. The third kappa shape index (κ3) is 4.07. The van der Waals surface area contributed by atoms with Crippen molar-refractivity contribution >= 4 is 33.3 Å². The second-order valence-electron chi connectivity index (χ2n) is 7.81. The molecule has 0 aliphatic carbocycles. The van der Waals surface area contributed by atoms with E-state index in [9.17, 15) is 4.79 Å². The summed E-state index contributed by atoms with van der Waals surface area (Å²) in [6.07, 6.45) is 2.47. The average molecular weight is 453 g/mol. The van der Waals surface area contributed by atoms with Gasteiger partial charge in [-0.3, -0.25) is 4.79 Å². The lowest BCUT2D eigenvalue weighted by atomic mass is 10.1. The van der Waals surface area contributed by atoms with Crippen LogP contribution in [0.25, 0.3) is 21.3 Å². The molecule has 1 unspecified atom stereocenters. The van der Waals surface area contributed by atoms with Crippen LogP contribution in [0.5, 0.6) is 0 Å². The normalized spacial score (nSPS) is 16.4. The van der Waals surface area contributed by atoms with Gasteiger partial charge >= 0.3 is 0 Å². The highest BCUT2D eigenvalue weighted by Gasteiger charge is 2.21. The van der Waals surface area contributed by atoms with E-state index in [2.05, 4.69) is 16.5 Å². The lowest BCUT2D eigenvalue weighted by Crippen LogP contribution is -2.17. The first-order valence-corrected chi connectivity index (χ1v) is 12.3. The van der Waals surface area contributed by atoms with Gasteiger partial charge < -0.3 is 14.3 Å². The third-order valence-corrected chi connectivity index (χ3v) is 7.61. The van der Waals surface area contributed by atoms with Crippen LogP contribution in [-0.4, -0.2) is 32.2 Å². The molecule has 4 heterocycles. The Morgan fingerprint density at radius 1 is 1.26 bits per heavy atom. The van der Waals surface area contributed by atoms with E-state index in [1.165, 1.54) is 17.0 Å². The van der Waals surface area contributed by atoms with Crippen molar-refractivity contribution in [2.75, 3.05) is 6.61 Å². The molecule has 1 saturated heterocycles. The number of hydrogen-bond acceptors (Lipinski definition) is 6. The minimum atomic E-state index is -0.0873. The zero-order valence-corrected chi connectivity index (χ0v) is 19.2. The fourth-order valence-corrected chi connectivity index (χ4v) is 5.90. The van der Waals surface area contributed by atoms with E-state index < -0.39 is 0 Å². The number of fused-ring (bicyclic) bond motifs is 1. The predicted molar refractivity (Wildman–Crippen MR) is 126 cm³/mol. The molecule has 1 atom stereocenters. The van der Waals surface area contributed by atoms with Gasteiger partial charge in [0.15, 0.2) is 5.16 Å². The van der Waals surface area contributed by atoms with Crippen LogP contribution in [0.2, 0.25) is 0 Å². The first-order chi connectivity index (χ1) is 15.1. The predicted octanol–water partition coefficient (Wildman–Crippen LogP) is 4.94. The van der Waals surface area contributed by atoms with Gasteiger partial charge in [0.1, 0.15) is 10.7 Å². The lowest BCUT2D eigenvalue weighted by molar-refractivity contribution is 0.0945. The number of ether oxygens (including phenoxy) is 1. The number of aromatic amines is 1. The van der Waals surface area contributed by atoms with E-state index in [1.54, 1.807) is 11.8 Å². The zero-order chi connectivity index (χ0) is 21.4. The highest BCUT2D eigenvalue weighted by molar-refractivity contribution is 7.98. The van der Waals surface area contributed by atoms with Crippen molar-refractivity contribution in [3.8, 4) is 11.1 Å². The molecule has 6 nitrogen and oxygen atoms in total. The second kappa shape index (κ2) is 8.61. The molecule has 0 spiro atoms. The number of rotatable bonds is 6. The quantitative estimate of drug-likeness (QED) is 0.420. The Kier molecular flexibility index (Phi) is 5.69. The molecule has 1 aliphatic heterocycles. The standard InChI is InChI=1S/C23H24N4O2S2/c1-14-15(2)27(11-17-9-6-10-29-17)23(24-14)31-13-19-25-21(28)20-18(12-30-22(20)26-19)16-7-4-3-5-8-16/h3-5,7-8,12,17H,6,9-11,13H2,1-2H3,(H,25,26,28). The first kappa shape index (κ1) is 20.5. The molecule has 0 saturated carbocycles. The topological polar surface area (TPSA) is 72.8 Å². The summed E-state index contributed by atoms with van der Waals surface area (Å²) in [5.41, 5.74) is 4.08. The molecule has 0 radical (unpaired) electrons. The van der Waals surface area contributed by atoms with Gasteiger partial charge in [0, 0.05) is 23.2 Å². The molecule has 1 fully saturated rings. The summed E-state index contributed by atoms with van der Waals surface area (Å²) in [6, 6.07) is 9.97. The Bertz CT molecular complexity index is 1270. The Labute approximate surface area is 188 Å². The van der Waals surface area contributed by atoms with Crippen LogP contribution in [0.15, 0.2) is 45.7 Å². The van der Waals surface area contributed by atoms with Gasteiger partial charge in [-0.25, -0.2) is 9.97 Å². The van der Waals surface area contributed by atoms with Crippen molar-refractivity contribution < 1.29 is 4.74 Å². The molecule has 5 rings (SSSR count). The van der Waals surface area contributed by atoms with Crippen molar-refractivity contribution in [1.29, 1.82) is 0 Å². The maximum atomic E-state index is 12.9. The summed E-state index contributed by atoms with van der Waals surface area (Å²) in [4.78, 5) is 26.1. The van der Waals surface area contributed by atoms with Gasteiger partial charge in [-0.05, 0) is 32.3 Å². The number of thioether (sulfide) groups is 1. The molecule has 1 aliphatic rings. The van der Waals surface area contributed by atoms with Crippen LogP contribution in [0.1, 0.15) is 30.1 Å². The smallest absolute Gasteiger partial charge is 0.260 e. The van der Waals surface area contributed by atoms with E-state index in [4.69, 9.17) is 14.7 Å². The SMILES string of the molecule is Cc1nc(SCc2nc3scc(-c4ccccc4)c3c(=O)[nH]2)n(CC2CCCO2)c1C. The molecular weight excluding hydrogens is 428 g/mol. The molecule has 3 aromatic heterocycles. The van der Waals surface area contributed by atoms with Crippen LogP contribution in [-0.2, 0) is 17.0 Å². The van der Waals surface area contributed by atoms with Crippen LogP contribution < -0.4 is 5.56 Å². The molecule has 8 heteroatoms. The Morgan fingerprint density at radius 2 is 2.10 bits per heavy atom. The number of nitrogens with zero attached hydrogens (tertiary/aromatic N) is 3. The van der Waals surface area contributed by atoms with Crippen LogP contribution in [0.4, 0.5) is 0 Å². The molecule has 0 bridgehead atoms. The second-order valence-corrected chi connectivity index (χ2v) is 9.61. The Balaban J connectivity index is 1.40. The van der Waals surface area contributed by atoms with E-state index in [1.807, 2.05) is 42.6 Å². The van der Waals surface area contributed by atoms with E-state index in [0.29, 0.717) is 17.0 Å². The molecule has 160 valence electrons. The van der Waals surface area contributed by atoms with Crippen LogP contribution in [0.3, 0.4) is 0 Å². The Morgan fingerprint density at radius 3 is 2.87 bits per heavy atom. The van der Waals surface area contributed by atoms with Gasteiger partial charge in [-0.2, -0.15) is 0 Å². The van der Waals surface area contributed by atoms with Crippen molar-refractivity contribution in [2.24, 2.45) is 0 Å². The van der Waals surface area contributed by atoms with Crippen LogP contribution >= 0.6 is 23.1 Å². The minimum Gasteiger partial charge on any atom is -0.376 e. The highest BCUT2D eigenvalue weighted by atomic mass is 32.2. The summed E-state index contributed by atoms with van der Waals surface area (Å²) in [6.45, 7) is 5.80. The number of thiophene rings is 1. The van der Waals surface area contributed by atoms with Gasteiger partial charge in [0.2, 0.25) is 0 Å². The number of aromatic nitrogens is 4. The number of hydrogen-bond donors (Lipinski definition) is 1. The maximum absolute atomic E-state index is 12.9. The van der Waals surface area contributed by atoms with Crippen molar-refractivity contribution in [1.82, 2.24) is 19.5 Å². The van der Waals surface area contributed by atoms with E-state index in [-0.39, 0.29) is 11.7 Å². The summed E-state index contributed by atoms with van der Waals surface area (Å²) < 4.78 is 8.07. The summed E-state index contributed by atoms with van der Waals surface area (Å²) in [5.74, 6) is 1.23. The Hall–Kier alpha value is -2.42. The summed E-state index contributed by atoms with van der Waals surface area (Å²) >= 11 is 3.12. The average Bonchev–Trinajstić information content (AvgIpc) is 3.50. The summed E-state index contributed by atoms with van der Waals surface area (Å²) in [7, 11) is 0. The molecule has 4 aromatic rings. The first-order valence-electron chi connectivity index (χ1n) is 10.4. The number of imidazole rings is 1. The van der Waals surface area contributed by atoms with Crippen LogP contribution in [0, 0.1) is 13.8 Å². The minimum absolute atomic E-state index is 0.0873. The lowest BCUT2D eigenvalue weighted by Gasteiger charge is -2.14. The monoisotopic (exact) mass is 452 g/mol. The molecule has 1 N–H and O–H groups in total. The van der Waals surface area contributed by atoms with Gasteiger partial charge in [-0.15, -0.1) is 11.3 Å².